The second-order valence-electron chi connectivity index (χ2n) is 3.35. The highest BCUT2D eigenvalue weighted by atomic mass is 16.1. The second-order valence-corrected chi connectivity index (χ2v) is 3.35. The first-order chi connectivity index (χ1) is 7.24. The van der Waals surface area contributed by atoms with Crippen molar-refractivity contribution in [1.29, 1.82) is 0 Å². The molecule has 1 amide bonds. The molecule has 0 unspecified atom stereocenters. The van der Waals surface area contributed by atoms with Crippen LogP contribution in [0.5, 0.6) is 0 Å². The van der Waals surface area contributed by atoms with Crippen molar-refractivity contribution in [2.75, 3.05) is 13.1 Å². The predicted molar refractivity (Wildman–Crippen MR) is 58.3 cm³/mol. The highest BCUT2D eigenvalue weighted by Crippen LogP contribution is 1.98. The first-order valence-electron chi connectivity index (χ1n) is 5.20. The van der Waals surface area contributed by atoms with E-state index >= 15 is 0 Å². The zero-order chi connectivity index (χ0) is 11.1. The molecule has 0 saturated heterocycles. The average Bonchev–Trinajstić information content (AvgIpc) is 2.60. The molecular weight excluding hydrogens is 192 g/mol. The van der Waals surface area contributed by atoms with Gasteiger partial charge in [-0.1, -0.05) is 0 Å². The molecule has 0 aliphatic rings. The van der Waals surface area contributed by atoms with Crippen LogP contribution in [0.15, 0.2) is 6.33 Å². The third-order valence-corrected chi connectivity index (χ3v) is 2.13. The molecule has 0 bridgehead atoms. The van der Waals surface area contributed by atoms with Gasteiger partial charge in [0.2, 0.25) is 5.91 Å². The van der Waals surface area contributed by atoms with Crippen molar-refractivity contribution in [2.45, 2.75) is 26.8 Å². The van der Waals surface area contributed by atoms with Gasteiger partial charge in [-0.3, -0.25) is 4.79 Å². The van der Waals surface area contributed by atoms with Crippen LogP contribution in [-0.2, 0) is 11.3 Å². The number of carbonyl (C=O) groups excluding carboxylic acids is 1. The molecule has 3 N–H and O–H groups in total. The monoisotopic (exact) mass is 210 g/mol. The van der Waals surface area contributed by atoms with Gasteiger partial charge < -0.3 is 15.6 Å². The molecule has 0 spiro atoms. The molecule has 0 saturated carbocycles. The molecule has 5 heteroatoms. The number of hydrogen-bond donors (Lipinski definition) is 3. The van der Waals surface area contributed by atoms with E-state index < -0.39 is 0 Å². The largest absolute Gasteiger partial charge is 0.356 e. The molecule has 0 aromatic carbocycles. The van der Waals surface area contributed by atoms with Crippen molar-refractivity contribution in [3.05, 3.63) is 17.7 Å². The minimum Gasteiger partial charge on any atom is -0.356 e. The summed E-state index contributed by atoms with van der Waals surface area (Å²) < 4.78 is 0. The lowest BCUT2D eigenvalue weighted by Gasteiger charge is -2.03. The van der Waals surface area contributed by atoms with Crippen LogP contribution in [0.25, 0.3) is 0 Å². The Hall–Kier alpha value is -1.36. The Morgan fingerprint density at radius 2 is 2.40 bits per heavy atom. The molecule has 1 aromatic heterocycles. The fourth-order valence-corrected chi connectivity index (χ4v) is 1.26. The van der Waals surface area contributed by atoms with Gasteiger partial charge in [0.15, 0.2) is 0 Å². The third-order valence-electron chi connectivity index (χ3n) is 2.13. The molecule has 1 heterocycles. The smallest absolute Gasteiger partial charge is 0.221 e. The minimum atomic E-state index is 0.0868. The quantitative estimate of drug-likeness (QED) is 0.593. The maximum atomic E-state index is 11.1. The normalized spacial score (nSPS) is 10.3. The number of aromatic nitrogens is 2. The molecule has 0 fully saturated rings. The number of H-pyrrole nitrogens is 1. The SMILES string of the molecule is CCNC(=O)CCNCc1nc[nH]c1C. The fraction of sp³-hybridized carbons (Fsp3) is 0.600. The molecule has 15 heavy (non-hydrogen) atoms. The molecule has 0 atom stereocenters. The first kappa shape index (κ1) is 11.7. The third kappa shape index (κ3) is 4.12. The Kier molecular flexibility index (Phi) is 4.83. The van der Waals surface area contributed by atoms with Crippen LogP contribution in [0.4, 0.5) is 0 Å². The number of imidazole rings is 1. The van der Waals surface area contributed by atoms with Crippen LogP contribution in [0.1, 0.15) is 24.7 Å². The standard InChI is InChI=1S/C10H18N4O/c1-3-12-10(15)4-5-11-6-9-8(2)13-7-14-9/h7,11H,3-6H2,1-2H3,(H,12,15)(H,13,14). The van der Waals surface area contributed by atoms with Crippen molar-refractivity contribution in [3.8, 4) is 0 Å². The van der Waals surface area contributed by atoms with Crippen molar-refractivity contribution in [3.63, 3.8) is 0 Å². The van der Waals surface area contributed by atoms with Crippen LogP contribution < -0.4 is 10.6 Å². The summed E-state index contributed by atoms with van der Waals surface area (Å²) in [5.74, 6) is 0.0868. The van der Waals surface area contributed by atoms with E-state index in [1.54, 1.807) is 6.33 Å². The number of aromatic amines is 1. The van der Waals surface area contributed by atoms with Crippen molar-refractivity contribution in [1.82, 2.24) is 20.6 Å². The zero-order valence-electron chi connectivity index (χ0n) is 9.26. The number of nitrogens with one attached hydrogen (secondary N) is 3. The summed E-state index contributed by atoms with van der Waals surface area (Å²) in [7, 11) is 0. The highest BCUT2D eigenvalue weighted by molar-refractivity contribution is 5.75. The van der Waals surface area contributed by atoms with Crippen LogP contribution in [-0.4, -0.2) is 29.0 Å². The Bertz CT molecular complexity index is 308. The van der Waals surface area contributed by atoms with Gasteiger partial charge in [0.05, 0.1) is 12.0 Å². The molecule has 0 aliphatic heterocycles. The van der Waals surface area contributed by atoms with Gasteiger partial charge in [0.25, 0.3) is 0 Å². The van der Waals surface area contributed by atoms with Crippen LogP contribution >= 0.6 is 0 Å². The molecule has 84 valence electrons. The first-order valence-corrected chi connectivity index (χ1v) is 5.20. The Balaban J connectivity index is 2.12. The lowest BCUT2D eigenvalue weighted by atomic mass is 10.3. The lowest BCUT2D eigenvalue weighted by Crippen LogP contribution is -2.27. The summed E-state index contributed by atoms with van der Waals surface area (Å²) in [5, 5.41) is 5.92. The topological polar surface area (TPSA) is 69.8 Å². The van der Waals surface area contributed by atoms with Crippen molar-refractivity contribution in [2.24, 2.45) is 0 Å². The second kappa shape index (κ2) is 6.19. The minimum absolute atomic E-state index is 0.0868. The Morgan fingerprint density at radius 1 is 1.60 bits per heavy atom. The van der Waals surface area contributed by atoms with Gasteiger partial charge in [-0.25, -0.2) is 4.98 Å². The van der Waals surface area contributed by atoms with Crippen LogP contribution in [0, 0.1) is 6.92 Å². The molecule has 0 aliphatic carbocycles. The zero-order valence-corrected chi connectivity index (χ0v) is 9.26. The summed E-state index contributed by atoms with van der Waals surface area (Å²) in [5.41, 5.74) is 2.08. The Labute approximate surface area is 89.7 Å². The van der Waals surface area contributed by atoms with E-state index in [0.717, 1.165) is 11.4 Å². The summed E-state index contributed by atoms with van der Waals surface area (Å²) in [6.45, 7) is 5.97. The van der Waals surface area contributed by atoms with E-state index in [-0.39, 0.29) is 5.91 Å². The maximum Gasteiger partial charge on any atom is 0.221 e. The van der Waals surface area contributed by atoms with Crippen LogP contribution in [0.2, 0.25) is 0 Å². The number of nitrogens with zero attached hydrogens (tertiary/aromatic N) is 1. The summed E-state index contributed by atoms with van der Waals surface area (Å²) in [4.78, 5) is 18.3. The molecule has 1 rings (SSSR count). The average molecular weight is 210 g/mol. The van der Waals surface area contributed by atoms with E-state index in [1.807, 2.05) is 13.8 Å². The van der Waals surface area contributed by atoms with Crippen molar-refractivity contribution < 1.29 is 4.79 Å². The molecule has 0 radical (unpaired) electrons. The summed E-state index contributed by atoms with van der Waals surface area (Å²) in [6, 6.07) is 0. The van der Waals surface area contributed by atoms with Gasteiger partial charge in [-0.2, -0.15) is 0 Å². The summed E-state index contributed by atoms with van der Waals surface area (Å²) in [6.07, 6.45) is 2.19. The molecule has 1 aromatic rings. The maximum absolute atomic E-state index is 11.1. The molecular formula is C10H18N4O. The van der Waals surface area contributed by atoms with E-state index in [4.69, 9.17) is 0 Å². The number of hydrogen-bond acceptors (Lipinski definition) is 3. The van der Waals surface area contributed by atoms with Gasteiger partial charge in [-0.05, 0) is 13.8 Å². The van der Waals surface area contributed by atoms with Gasteiger partial charge in [0.1, 0.15) is 0 Å². The van der Waals surface area contributed by atoms with Crippen LogP contribution in [0.3, 0.4) is 0 Å². The number of carbonyl (C=O) groups is 1. The van der Waals surface area contributed by atoms with Gasteiger partial charge >= 0.3 is 0 Å². The fourth-order valence-electron chi connectivity index (χ4n) is 1.26. The van der Waals surface area contributed by atoms with Crippen molar-refractivity contribution >= 4 is 5.91 Å². The highest BCUT2D eigenvalue weighted by Gasteiger charge is 2.01. The Morgan fingerprint density at radius 3 is 3.00 bits per heavy atom. The summed E-state index contributed by atoms with van der Waals surface area (Å²) >= 11 is 0. The van der Waals surface area contributed by atoms with E-state index in [0.29, 0.717) is 26.1 Å². The predicted octanol–water partition coefficient (Wildman–Crippen LogP) is 0.334. The number of amides is 1. The van der Waals surface area contributed by atoms with Gasteiger partial charge in [0, 0.05) is 31.7 Å². The number of aryl methyl sites for hydroxylation is 1. The lowest BCUT2D eigenvalue weighted by molar-refractivity contribution is -0.120. The van der Waals surface area contributed by atoms with E-state index in [2.05, 4.69) is 20.6 Å². The van der Waals surface area contributed by atoms with Gasteiger partial charge in [-0.15, -0.1) is 0 Å². The van der Waals surface area contributed by atoms with E-state index in [1.165, 1.54) is 0 Å². The van der Waals surface area contributed by atoms with E-state index in [9.17, 15) is 4.79 Å². The number of rotatable bonds is 6. The molecule has 5 nitrogen and oxygen atoms in total.